The fourth-order valence-corrected chi connectivity index (χ4v) is 2.78. The van der Waals surface area contributed by atoms with E-state index in [2.05, 4.69) is 0 Å². The van der Waals surface area contributed by atoms with Crippen LogP contribution in [0.25, 0.3) is 0 Å². The summed E-state index contributed by atoms with van der Waals surface area (Å²) < 4.78 is 5.80. The van der Waals surface area contributed by atoms with Crippen molar-refractivity contribution in [2.24, 2.45) is 0 Å². The van der Waals surface area contributed by atoms with Crippen LogP contribution >= 0.6 is 0 Å². The number of aliphatic hydroxyl groups excluding tert-OH is 1. The first-order chi connectivity index (χ1) is 8.15. The highest BCUT2D eigenvalue weighted by Crippen LogP contribution is 2.33. The van der Waals surface area contributed by atoms with Gasteiger partial charge in [0.2, 0.25) is 5.91 Å². The molecule has 2 saturated heterocycles. The van der Waals surface area contributed by atoms with E-state index < -0.39 is 0 Å². The lowest BCUT2D eigenvalue weighted by Crippen LogP contribution is -2.55. The Morgan fingerprint density at radius 3 is 3.18 bits per heavy atom. The van der Waals surface area contributed by atoms with E-state index in [-0.39, 0.29) is 24.0 Å². The Balaban J connectivity index is 2.01. The molecule has 2 aliphatic rings. The largest absolute Gasteiger partial charge is 0.393 e. The fraction of sp³-hybridized carbons (Fsp3) is 0.833. The Bertz CT molecular complexity index is 335. The second-order valence-corrected chi connectivity index (χ2v) is 4.93. The lowest BCUT2D eigenvalue weighted by atomic mass is 9.84. The summed E-state index contributed by atoms with van der Waals surface area (Å²) >= 11 is 0. The molecule has 0 aromatic carbocycles. The molecule has 0 saturated carbocycles. The maximum absolute atomic E-state index is 11.7. The maximum Gasteiger partial charge on any atom is 0.236 e. The van der Waals surface area contributed by atoms with Crippen LogP contribution in [-0.2, 0) is 9.53 Å². The van der Waals surface area contributed by atoms with Gasteiger partial charge in [-0.15, -0.1) is 0 Å². The number of likely N-dealkylation sites (tertiary alicyclic amines) is 1. The Morgan fingerprint density at radius 1 is 1.65 bits per heavy atom. The number of ether oxygens (including phenoxy) is 1. The Kier molecular flexibility index (Phi) is 3.65. The minimum Gasteiger partial charge on any atom is -0.393 e. The molecular weight excluding hydrogens is 220 g/mol. The topological polar surface area (TPSA) is 73.6 Å². The van der Waals surface area contributed by atoms with Crippen LogP contribution in [-0.4, -0.2) is 47.3 Å². The van der Waals surface area contributed by atoms with Crippen molar-refractivity contribution < 1.29 is 14.6 Å². The molecular formula is C12H18N2O3. The van der Waals surface area contributed by atoms with E-state index in [9.17, 15) is 9.90 Å². The lowest BCUT2D eigenvalue weighted by Gasteiger charge is -2.46. The van der Waals surface area contributed by atoms with Crippen LogP contribution in [0.4, 0.5) is 0 Å². The number of amides is 1. The van der Waals surface area contributed by atoms with Gasteiger partial charge in [-0.05, 0) is 19.3 Å². The third kappa shape index (κ3) is 2.76. The van der Waals surface area contributed by atoms with Gasteiger partial charge in [0.15, 0.2) is 0 Å². The fourth-order valence-electron chi connectivity index (χ4n) is 2.78. The monoisotopic (exact) mass is 238 g/mol. The van der Waals surface area contributed by atoms with E-state index >= 15 is 0 Å². The van der Waals surface area contributed by atoms with E-state index in [1.807, 2.05) is 6.07 Å². The molecule has 2 aliphatic heterocycles. The normalized spacial score (nSPS) is 33.4. The predicted octanol–water partition coefficient (Wildman–Crippen LogP) is 0.433. The molecule has 2 rings (SSSR count). The van der Waals surface area contributed by atoms with Crippen molar-refractivity contribution in [3.05, 3.63) is 0 Å². The van der Waals surface area contributed by atoms with Crippen molar-refractivity contribution in [3.63, 3.8) is 0 Å². The number of piperidine rings is 1. The summed E-state index contributed by atoms with van der Waals surface area (Å²) in [4.78, 5) is 13.4. The molecule has 2 atom stereocenters. The zero-order chi connectivity index (χ0) is 12.3. The molecule has 0 aromatic rings. The van der Waals surface area contributed by atoms with Gasteiger partial charge in [0, 0.05) is 26.1 Å². The van der Waals surface area contributed by atoms with Crippen molar-refractivity contribution >= 4 is 5.91 Å². The van der Waals surface area contributed by atoms with Crippen molar-refractivity contribution in [1.82, 2.24) is 4.90 Å². The molecule has 2 heterocycles. The van der Waals surface area contributed by atoms with E-state index in [0.29, 0.717) is 32.5 Å². The van der Waals surface area contributed by atoms with E-state index in [1.54, 1.807) is 4.90 Å². The summed E-state index contributed by atoms with van der Waals surface area (Å²) in [6.45, 7) is 1.77. The first-order valence-corrected chi connectivity index (χ1v) is 6.12. The average molecular weight is 238 g/mol. The molecule has 5 nitrogen and oxygen atoms in total. The van der Waals surface area contributed by atoms with Crippen LogP contribution in [0.2, 0.25) is 0 Å². The summed E-state index contributed by atoms with van der Waals surface area (Å²) in [5.74, 6) is -0.129. The molecule has 0 aromatic heterocycles. The Labute approximate surface area is 101 Å². The molecule has 0 radical (unpaired) electrons. The van der Waals surface area contributed by atoms with Gasteiger partial charge in [0.25, 0.3) is 0 Å². The minimum atomic E-state index is -0.374. The highest BCUT2D eigenvalue weighted by molar-refractivity contribution is 5.78. The van der Waals surface area contributed by atoms with Gasteiger partial charge in [0.1, 0.15) is 6.42 Å². The average Bonchev–Trinajstić information content (AvgIpc) is 2.29. The van der Waals surface area contributed by atoms with Crippen molar-refractivity contribution in [1.29, 1.82) is 5.26 Å². The molecule has 1 N–H and O–H groups in total. The van der Waals surface area contributed by atoms with Crippen LogP contribution in [0, 0.1) is 11.3 Å². The van der Waals surface area contributed by atoms with Crippen LogP contribution < -0.4 is 0 Å². The van der Waals surface area contributed by atoms with Gasteiger partial charge in [-0.25, -0.2) is 0 Å². The van der Waals surface area contributed by atoms with Gasteiger partial charge in [0.05, 0.1) is 17.8 Å². The summed E-state index contributed by atoms with van der Waals surface area (Å²) in [6.07, 6.45) is 2.65. The maximum atomic E-state index is 11.7. The molecule has 0 aliphatic carbocycles. The standard InChI is InChI=1S/C12H18N2O3/c13-5-2-11(16)14-6-1-4-12(9-14)8-10(15)3-7-17-12/h10,15H,1-4,6-9H2/t10-,12+/m0/s1. The predicted molar refractivity (Wildman–Crippen MR) is 60.0 cm³/mol. The van der Waals surface area contributed by atoms with Crippen molar-refractivity contribution in [3.8, 4) is 6.07 Å². The van der Waals surface area contributed by atoms with Crippen molar-refractivity contribution in [2.75, 3.05) is 19.7 Å². The zero-order valence-electron chi connectivity index (χ0n) is 9.89. The van der Waals surface area contributed by atoms with Gasteiger partial charge in [-0.3, -0.25) is 4.79 Å². The highest BCUT2D eigenvalue weighted by Gasteiger charge is 2.41. The molecule has 17 heavy (non-hydrogen) atoms. The molecule has 94 valence electrons. The Hall–Kier alpha value is -1.12. The van der Waals surface area contributed by atoms with Gasteiger partial charge >= 0.3 is 0 Å². The smallest absolute Gasteiger partial charge is 0.236 e. The molecule has 1 amide bonds. The molecule has 5 heteroatoms. The second kappa shape index (κ2) is 5.03. The lowest BCUT2D eigenvalue weighted by molar-refractivity contribution is -0.160. The van der Waals surface area contributed by atoms with Crippen LogP contribution in [0.15, 0.2) is 0 Å². The van der Waals surface area contributed by atoms with E-state index in [1.165, 1.54) is 0 Å². The highest BCUT2D eigenvalue weighted by atomic mass is 16.5. The zero-order valence-corrected chi connectivity index (χ0v) is 9.89. The summed E-state index contributed by atoms with van der Waals surface area (Å²) in [5.41, 5.74) is -0.374. The number of rotatable bonds is 1. The quantitative estimate of drug-likeness (QED) is 0.719. The number of carbonyl (C=O) groups is 1. The van der Waals surface area contributed by atoms with Crippen molar-refractivity contribution in [2.45, 2.75) is 43.8 Å². The first kappa shape index (κ1) is 12.3. The van der Waals surface area contributed by atoms with E-state index in [4.69, 9.17) is 10.00 Å². The van der Waals surface area contributed by atoms with Gasteiger partial charge in [-0.2, -0.15) is 5.26 Å². The van der Waals surface area contributed by atoms with Crippen LogP contribution in [0.1, 0.15) is 32.1 Å². The third-order valence-electron chi connectivity index (χ3n) is 3.59. The van der Waals surface area contributed by atoms with Crippen LogP contribution in [0.3, 0.4) is 0 Å². The molecule has 1 spiro atoms. The number of hydrogen-bond acceptors (Lipinski definition) is 4. The number of nitriles is 1. The third-order valence-corrected chi connectivity index (χ3v) is 3.59. The SMILES string of the molecule is N#CCC(=O)N1CCC[C@@]2(C[C@@H](O)CCO2)C1. The summed E-state index contributed by atoms with van der Waals surface area (Å²) in [5, 5.41) is 18.3. The van der Waals surface area contributed by atoms with E-state index in [0.717, 1.165) is 12.8 Å². The number of nitrogens with zero attached hydrogens (tertiary/aromatic N) is 2. The first-order valence-electron chi connectivity index (χ1n) is 6.12. The number of hydrogen-bond donors (Lipinski definition) is 1. The second-order valence-electron chi connectivity index (χ2n) is 4.93. The molecule has 0 unspecified atom stereocenters. The number of aliphatic hydroxyl groups is 1. The minimum absolute atomic E-state index is 0.0708. The van der Waals surface area contributed by atoms with Crippen LogP contribution in [0.5, 0.6) is 0 Å². The van der Waals surface area contributed by atoms with Gasteiger partial charge in [-0.1, -0.05) is 0 Å². The summed E-state index contributed by atoms with van der Waals surface area (Å²) in [7, 11) is 0. The van der Waals surface area contributed by atoms with Gasteiger partial charge < -0.3 is 14.7 Å². The summed E-state index contributed by atoms with van der Waals surface area (Å²) in [6, 6.07) is 1.88. The number of carbonyl (C=O) groups excluding carboxylic acids is 1. The Morgan fingerprint density at radius 2 is 2.47 bits per heavy atom. The molecule has 2 fully saturated rings. The molecule has 0 bridgehead atoms.